The van der Waals surface area contributed by atoms with Gasteiger partial charge in [0.2, 0.25) is 0 Å². The van der Waals surface area contributed by atoms with Crippen molar-refractivity contribution in [2.45, 2.75) is 65.3 Å². The van der Waals surface area contributed by atoms with Crippen molar-refractivity contribution in [3.63, 3.8) is 0 Å². The summed E-state index contributed by atoms with van der Waals surface area (Å²) < 4.78 is 11.1. The van der Waals surface area contributed by atoms with Gasteiger partial charge in [-0.2, -0.15) is 0 Å². The van der Waals surface area contributed by atoms with Gasteiger partial charge in [0.1, 0.15) is 0 Å². The summed E-state index contributed by atoms with van der Waals surface area (Å²) in [5.41, 5.74) is 0. The van der Waals surface area contributed by atoms with Gasteiger partial charge in [-0.05, 0) is 46.1 Å². The smallest absolute Gasteiger partial charge is 0.191 e. The standard InChI is InChI=1S/C20H42N4O2/c1-4-6-15-25-17-18-26-16-12-23-20(21-5-2)22-11-9-14-24-13-8-7-10-19(24)3/h19H,4-18H2,1-3H3,(H2,21,22,23). The molecule has 6 heteroatoms. The molecule has 1 aliphatic rings. The van der Waals surface area contributed by atoms with Crippen LogP contribution in [0.1, 0.15) is 59.3 Å². The Hall–Kier alpha value is -0.850. The molecular weight excluding hydrogens is 328 g/mol. The van der Waals surface area contributed by atoms with Crippen LogP contribution >= 0.6 is 0 Å². The van der Waals surface area contributed by atoms with E-state index in [1.165, 1.54) is 32.2 Å². The summed E-state index contributed by atoms with van der Waals surface area (Å²) in [5.74, 6) is 0.891. The molecule has 0 amide bonds. The number of ether oxygens (including phenoxy) is 2. The Kier molecular flexibility index (Phi) is 14.6. The van der Waals surface area contributed by atoms with Crippen LogP contribution in [0.2, 0.25) is 0 Å². The molecule has 0 radical (unpaired) electrons. The van der Waals surface area contributed by atoms with Crippen molar-refractivity contribution in [1.82, 2.24) is 15.5 Å². The normalized spacial score (nSPS) is 18.9. The molecule has 1 atom stereocenters. The molecule has 0 aromatic heterocycles. The number of nitrogens with zero attached hydrogens (tertiary/aromatic N) is 2. The summed E-state index contributed by atoms with van der Waals surface area (Å²) in [6, 6.07) is 0.738. The lowest BCUT2D eigenvalue weighted by atomic mass is 10.0. The van der Waals surface area contributed by atoms with Gasteiger partial charge >= 0.3 is 0 Å². The molecule has 26 heavy (non-hydrogen) atoms. The van der Waals surface area contributed by atoms with E-state index in [1.54, 1.807) is 0 Å². The highest BCUT2D eigenvalue weighted by molar-refractivity contribution is 5.79. The Morgan fingerprint density at radius 3 is 2.58 bits per heavy atom. The molecule has 1 saturated heterocycles. The lowest BCUT2D eigenvalue weighted by molar-refractivity contribution is 0.0487. The van der Waals surface area contributed by atoms with E-state index in [2.05, 4.69) is 41.3 Å². The zero-order chi connectivity index (χ0) is 18.9. The van der Waals surface area contributed by atoms with Crippen LogP contribution in [0.3, 0.4) is 0 Å². The fraction of sp³-hybridized carbons (Fsp3) is 0.950. The third-order valence-electron chi connectivity index (χ3n) is 4.71. The summed E-state index contributed by atoms with van der Waals surface area (Å²) in [7, 11) is 0. The Labute approximate surface area is 161 Å². The van der Waals surface area contributed by atoms with Crippen LogP contribution in [0.15, 0.2) is 4.99 Å². The second kappa shape index (κ2) is 16.3. The van der Waals surface area contributed by atoms with E-state index in [9.17, 15) is 0 Å². The predicted molar refractivity (Wildman–Crippen MR) is 110 cm³/mol. The van der Waals surface area contributed by atoms with Gasteiger partial charge in [-0.15, -0.1) is 0 Å². The van der Waals surface area contributed by atoms with Crippen LogP contribution in [0.4, 0.5) is 0 Å². The predicted octanol–water partition coefficient (Wildman–Crippen LogP) is 2.64. The van der Waals surface area contributed by atoms with Crippen LogP contribution in [0.5, 0.6) is 0 Å². The van der Waals surface area contributed by atoms with Gasteiger partial charge in [0.05, 0.1) is 19.8 Å². The largest absolute Gasteiger partial charge is 0.379 e. The second-order valence-corrected chi connectivity index (χ2v) is 7.00. The number of nitrogens with one attached hydrogen (secondary N) is 2. The minimum absolute atomic E-state index is 0.660. The number of unbranched alkanes of at least 4 members (excludes halogenated alkanes) is 1. The Bertz CT molecular complexity index is 353. The van der Waals surface area contributed by atoms with Gasteiger partial charge in [-0.3, -0.25) is 4.99 Å². The van der Waals surface area contributed by atoms with Crippen LogP contribution in [0, 0.1) is 0 Å². The van der Waals surface area contributed by atoms with Crippen LogP contribution in [-0.4, -0.2) is 76.1 Å². The molecule has 0 bridgehead atoms. The molecule has 0 aromatic rings. The molecule has 6 nitrogen and oxygen atoms in total. The topological polar surface area (TPSA) is 58.1 Å². The minimum Gasteiger partial charge on any atom is -0.379 e. The molecule has 2 N–H and O–H groups in total. The number of hydrogen-bond donors (Lipinski definition) is 2. The molecule has 1 rings (SSSR count). The van der Waals surface area contributed by atoms with Gasteiger partial charge in [0.25, 0.3) is 0 Å². The van der Waals surface area contributed by atoms with Crippen molar-refractivity contribution in [2.75, 3.05) is 59.2 Å². The SMILES string of the molecule is CCCCOCCOCCNC(=NCCCN1CCCCC1C)NCC. The summed E-state index contributed by atoms with van der Waals surface area (Å²) in [4.78, 5) is 7.29. The molecule has 0 aromatic carbocycles. The lowest BCUT2D eigenvalue weighted by Gasteiger charge is -2.33. The maximum Gasteiger partial charge on any atom is 0.191 e. The molecule has 1 fully saturated rings. The number of piperidine rings is 1. The minimum atomic E-state index is 0.660. The quantitative estimate of drug-likeness (QED) is 0.280. The van der Waals surface area contributed by atoms with Crippen molar-refractivity contribution >= 4 is 5.96 Å². The first-order chi connectivity index (χ1) is 12.8. The molecular formula is C20H42N4O2. The molecule has 1 heterocycles. The monoisotopic (exact) mass is 370 g/mol. The van der Waals surface area contributed by atoms with Gasteiger partial charge in [-0.1, -0.05) is 19.8 Å². The molecule has 1 aliphatic heterocycles. The third-order valence-corrected chi connectivity index (χ3v) is 4.71. The average molecular weight is 371 g/mol. The Balaban J connectivity index is 2.07. The molecule has 154 valence electrons. The molecule has 0 spiro atoms. The Morgan fingerprint density at radius 2 is 1.85 bits per heavy atom. The van der Waals surface area contributed by atoms with Gasteiger partial charge in [0, 0.05) is 38.8 Å². The van der Waals surface area contributed by atoms with Gasteiger partial charge in [0.15, 0.2) is 5.96 Å². The Morgan fingerprint density at radius 1 is 1.04 bits per heavy atom. The number of likely N-dealkylation sites (tertiary alicyclic amines) is 1. The summed E-state index contributed by atoms with van der Waals surface area (Å²) in [5, 5.41) is 6.64. The maximum absolute atomic E-state index is 5.58. The number of aliphatic imine (C=N–C) groups is 1. The molecule has 0 saturated carbocycles. The zero-order valence-corrected chi connectivity index (χ0v) is 17.4. The van der Waals surface area contributed by atoms with Crippen molar-refractivity contribution in [2.24, 2.45) is 4.99 Å². The number of guanidine groups is 1. The lowest BCUT2D eigenvalue weighted by Crippen LogP contribution is -2.40. The number of rotatable bonds is 14. The van der Waals surface area contributed by atoms with Crippen LogP contribution in [-0.2, 0) is 9.47 Å². The summed E-state index contributed by atoms with van der Waals surface area (Å²) >= 11 is 0. The fourth-order valence-corrected chi connectivity index (χ4v) is 3.11. The van der Waals surface area contributed by atoms with Crippen molar-refractivity contribution in [3.8, 4) is 0 Å². The van der Waals surface area contributed by atoms with Gasteiger partial charge in [-0.25, -0.2) is 0 Å². The second-order valence-electron chi connectivity index (χ2n) is 7.00. The fourth-order valence-electron chi connectivity index (χ4n) is 3.11. The van der Waals surface area contributed by atoms with E-state index in [4.69, 9.17) is 9.47 Å². The molecule has 1 unspecified atom stereocenters. The highest BCUT2D eigenvalue weighted by atomic mass is 16.5. The summed E-state index contributed by atoms with van der Waals surface area (Å²) in [6.45, 7) is 14.4. The number of hydrogen-bond acceptors (Lipinski definition) is 4. The van der Waals surface area contributed by atoms with E-state index in [1.807, 2.05) is 0 Å². The van der Waals surface area contributed by atoms with E-state index in [0.717, 1.165) is 57.6 Å². The first-order valence-electron chi connectivity index (χ1n) is 10.7. The zero-order valence-electron chi connectivity index (χ0n) is 17.4. The molecule has 0 aliphatic carbocycles. The van der Waals surface area contributed by atoms with Crippen molar-refractivity contribution in [1.29, 1.82) is 0 Å². The van der Waals surface area contributed by atoms with Crippen molar-refractivity contribution in [3.05, 3.63) is 0 Å². The van der Waals surface area contributed by atoms with E-state index in [0.29, 0.717) is 19.8 Å². The van der Waals surface area contributed by atoms with Gasteiger partial charge < -0.3 is 25.0 Å². The highest BCUT2D eigenvalue weighted by Crippen LogP contribution is 2.16. The van der Waals surface area contributed by atoms with Crippen molar-refractivity contribution < 1.29 is 9.47 Å². The summed E-state index contributed by atoms with van der Waals surface area (Å²) in [6.07, 6.45) is 7.50. The van der Waals surface area contributed by atoms with E-state index >= 15 is 0 Å². The third kappa shape index (κ3) is 11.7. The van der Waals surface area contributed by atoms with E-state index < -0.39 is 0 Å². The first-order valence-corrected chi connectivity index (χ1v) is 10.7. The maximum atomic E-state index is 5.58. The van der Waals surface area contributed by atoms with Crippen LogP contribution < -0.4 is 10.6 Å². The first kappa shape index (κ1) is 23.2. The van der Waals surface area contributed by atoms with Crippen LogP contribution in [0.25, 0.3) is 0 Å². The average Bonchev–Trinajstić information content (AvgIpc) is 2.65. The van der Waals surface area contributed by atoms with E-state index in [-0.39, 0.29) is 0 Å². The highest BCUT2D eigenvalue weighted by Gasteiger charge is 2.16.